The van der Waals surface area contributed by atoms with Crippen LogP contribution in [0.3, 0.4) is 0 Å². The van der Waals surface area contributed by atoms with Gasteiger partial charge in [0.15, 0.2) is 11.6 Å². The lowest BCUT2D eigenvalue weighted by Crippen LogP contribution is -2.27. The predicted molar refractivity (Wildman–Crippen MR) is 115 cm³/mol. The molecular weight excluding hydrogens is 396 g/mol. The maximum atomic E-state index is 13.0. The summed E-state index contributed by atoms with van der Waals surface area (Å²) in [6, 6.07) is 9.78. The van der Waals surface area contributed by atoms with E-state index in [1.807, 2.05) is 30.3 Å². The molecule has 1 saturated carbocycles. The van der Waals surface area contributed by atoms with Crippen LogP contribution in [0.25, 0.3) is 0 Å². The van der Waals surface area contributed by atoms with Crippen molar-refractivity contribution >= 4 is 17.3 Å². The van der Waals surface area contributed by atoms with E-state index < -0.39 is 0 Å². The fourth-order valence-corrected chi connectivity index (χ4v) is 4.43. The summed E-state index contributed by atoms with van der Waals surface area (Å²) in [6.07, 6.45) is 3.22. The highest BCUT2D eigenvalue weighted by Crippen LogP contribution is 2.34. The number of ketones is 2. The molecule has 7 nitrogen and oxygen atoms in total. The van der Waals surface area contributed by atoms with Gasteiger partial charge in [-0.05, 0) is 24.3 Å². The van der Waals surface area contributed by atoms with Gasteiger partial charge in [0, 0.05) is 37.8 Å². The molecule has 4 rings (SSSR count). The lowest BCUT2D eigenvalue weighted by Gasteiger charge is -2.26. The third kappa shape index (κ3) is 4.51. The number of aromatic nitrogens is 1. The van der Waals surface area contributed by atoms with E-state index in [2.05, 4.69) is 10.1 Å². The van der Waals surface area contributed by atoms with Gasteiger partial charge in [-0.15, -0.1) is 0 Å². The van der Waals surface area contributed by atoms with E-state index in [1.54, 1.807) is 0 Å². The van der Waals surface area contributed by atoms with Crippen LogP contribution in [0, 0.1) is 0 Å². The molecule has 2 N–H and O–H groups in total. The van der Waals surface area contributed by atoms with Crippen LogP contribution < -0.4 is 0 Å². The molecule has 1 aromatic carbocycles. The monoisotopic (exact) mass is 422 g/mol. The SMILES string of the molecule is O=C1CC(c2ccccc2)CC(=NCCO)/C1=C(\O)CCc1noc2c1C(=O)CCC2. The first-order valence-electron chi connectivity index (χ1n) is 10.7. The van der Waals surface area contributed by atoms with Gasteiger partial charge in [-0.25, -0.2) is 0 Å². The molecule has 0 radical (unpaired) electrons. The highest BCUT2D eigenvalue weighted by molar-refractivity contribution is 6.24. The third-order valence-corrected chi connectivity index (χ3v) is 5.92. The number of carbonyl (C=O) groups excluding carboxylic acids is 2. The number of aryl methyl sites for hydroxylation is 2. The zero-order valence-corrected chi connectivity index (χ0v) is 17.3. The quantitative estimate of drug-likeness (QED) is 0.544. The molecule has 0 spiro atoms. The standard InChI is InChI=1S/C24H26N2O5/c27-12-11-25-18-13-16(15-5-2-1-3-6-15)14-21(30)23(18)20(29)10-9-17-24-19(28)7-4-8-22(24)31-26-17/h1-3,5-6,16,27,29H,4,7-14H2/b23-20+,25-18?. The van der Waals surface area contributed by atoms with Gasteiger partial charge in [0.1, 0.15) is 11.5 Å². The van der Waals surface area contributed by atoms with Crippen molar-refractivity contribution in [3.8, 4) is 0 Å². The number of hydrogen-bond donors (Lipinski definition) is 2. The number of Topliss-reactive ketones (excluding diaryl/α,β-unsaturated/α-hetero) is 2. The Labute approximate surface area is 180 Å². The second kappa shape index (κ2) is 9.39. The number of carbonyl (C=O) groups is 2. The lowest BCUT2D eigenvalue weighted by molar-refractivity contribution is -0.116. The molecule has 0 aliphatic heterocycles. The summed E-state index contributed by atoms with van der Waals surface area (Å²) in [5, 5.41) is 24.1. The van der Waals surface area contributed by atoms with Crippen molar-refractivity contribution in [3.63, 3.8) is 0 Å². The third-order valence-electron chi connectivity index (χ3n) is 5.92. The van der Waals surface area contributed by atoms with E-state index in [1.165, 1.54) is 0 Å². The van der Waals surface area contributed by atoms with Crippen molar-refractivity contribution in [2.45, 2.75) is 50.9 Å². The summed E-state index contributed by atoms with van der Waals surface area (Å²) in [6.45, 7) is 0.0428. The largest absolute Gasteiger partial charge is 0.511 e. The highest BCUT2D eigenvalue weighted by atomic mass is 16.5. The second-order valence-corrected chi connectivity index (χ2v) is 8.02. The Morgan fingerprint density at radius 3 is 2.71 bits per heavy atom. The van der Waals surface area contributed by atoms with Crippen LogP contribution in [0.1, 0.15) is 65.4 Å². The molecule has 0 saturated heterocycles. The first-order valence-corrected chi connectivity index (χ1v) is 10.7. The zero-order chi connectivity index (χ0) is 21.8. The Morgan fingerprint density at radius 2 is 1.94 bits per heavy atom. The molecule has 2 aromatic rings. The summed E-state index contributed by atoms with van der Waals surface area (Å²) < 4.78 is 5.31. The van der Waals surface area contributed by atoms with Gasteiger partial charge in [0.05, 0.1) is 30.0 Å². The van der Waals surface area contributed by atoms with E-state index >= 15 is 0 Å². The van der Waals surface area contributed by atoms with Gasteiger partial charge in [0.2, 0.25) is 0 Å². The molecule has 0 amide bonds. The van der Waals surface area contributed by atoms with Crippen LogP contribution in [-0.2, 0) is 17.6 Å². The van der Waals surface area contributed by atoms with Gasteiger partial charge in [-0.1, -0.05) is 35.5 Å². The van der Waals surface area contributed by atoms with Crippen molar-refractivity contribution in [3.05, 3.63) is 64.2 Å². The fraction of sp³-hybridized carbons (Fsp3) is 0.417. The molecule has 2 aliphatic rings. The molecule has 2 aliphatic carbocycles. The van der Waals surface area contributed by atoms with Gasteiger partial charge >= 0.3 is 0 Å². The first kappa shape index (κ1) is 21.2. The van der Waals surface area contributed by atoms with E-state index in [-0.39, 0.29) is 48.4 Å². The number of nitrogens with zero attached hydrogens (tertiary/aromatic N) is 2. The molecule has 1 fully saturated rings. The van der Waals surface area contributed by atoms with Crippen LogP contribution in [0.2, 0.25) is 0 Å². The summed E-state index contributed by atoms with van der Waals surface area (Å²) >= 11 is 0. The molecule has 31 heavy (non-hydrogen) atoms. The number of aliphatic hydroxyl groups excluding tert-OH is 2. The first-order chi connectivity index (χ1) is 15.1. The van der Waals surface area contributed by atoms with E-state index in [0.29, 0.717) is 54.8 Å². The van der Waals surface area contributed by atoms with Crippen molar-refractivity contribution in [1.82, 2.24) is 5.16 Å². The summed E-state index contributed by atoms with van der Waals surface area (Å²) in [7, 11) is 0. The van der Waals surface area contributed by atoms with Crippen molar-refractivity contribution in [1.29, 1.82) is 0 Å². The van der Waals surface area contributed by atoms with Crippen LogP contribution in [-0.4, -0.2) is 45.8 Å². The van der Waals surface area contributed by atoms with Crippen LogP contribution >= 0.6 is 0 Å². The number of aliphatic imine (C=N–C) groups is 1. The van der Waals surface area contributed by atoms with E-state index in [4.69, 9.17) is 4.52 Å². The minimum absolute atomic E-state index is 0.0112. The molecular formula is C24H26N2O5. The fourth-order valence-electron chi connectivity index (χ4n) is 4.43. The number of aliphatic hydroxyl groups is 2. The number of fused-ring (bicyclic) bond motifs is 1. The highest BCUT2D eigenvalue weighted by Gasteiger charge is 2.33. The van der Waals surface area contributed by atoms with Crippen molar-refractivity contribution in [2.75, 3.05) is 13.2 Å². The molecule has 0 bridgehead atoms. The molecule has 1 aromatic heterocycles. The number of allylic oxidation sites excluding steroid dienone is 2. The minimum atomic E-state index is -0.160. The molecule has 162 valence electrons. The Kier molecular flexibility index (Phi) is 6.42. The average Bonchev–Trinajstić information content (AvgIpc) is 3.20. The van der Waals surface area contributed by atoms with Crippen molar-refractivity contribution in [2.24, 2.45) is 4.99 Å². The van der Waals surface area contributed by atoms with Gasteiger partial charge in [-0.2, -0.15) is 0 Å². The summed E-state index contributed by atoms with van der Waals surface area (Å²) in [5.74, 6) is 0.418. The van der Waals surface area contributed by atoms with Crippen molar-refractivity contribution < 1.29 is 24.3 Å². The Hall–Kier alpha value is -3.06. The average molecular weight is 422 g/mol. The predicted octanol–water partition coefficient (Wildman–Crippen LogP) is 3.52. The number of rotatable bonds is 6. The maximum absolute atomic E-state index is 13.0. The summed E-state index contributed by atoms with van der Waals surface area (Å²) in [4.78, 5) is 29.6. The molecule has 1 atom stereocenters. The van der Waals surface area contributed by atoms with Crippen LogP contribution in [0.15, 0.2) is 51.2 Å². The van der Waals surface area contributed by atoms with Gasteiger partial charge in [0.25, 0.3) is 0 Å². The van der Waals surface area contributed by atoms with Crippen LogP contribution in [0.5, 0.6) is 0 Å². The Balaban J connectivity index is 1.56. The number of hydrogen-bond acceptors (Lipinski definition) is 7. The lowest BCUT2D eigenvalue weighted by atomic mass is 9.78. The molecule has 1 unspecified atom stereocenters. The molecule has 7 heteroatoms. The minimum Gasteiger partial charge on any atom is -0.511 e. The summed E-state index contributed by atoms with van der Waals surface area (Å²) in [5.41, 5.74) is 2.89. The zero-order valence-electron chi connectivity index (χ0n) is 17.3. The Morgan fingerprint density at radius 1 is 1.13 bits per heavy atom. The number of benzene rings is 1. The topological polar surface area (TPSA) is 113 Å². The normalized spacial score (nSPS) is 22.0. The Bertz CT molecular complexity index is 1040. The van der Waals surface area contributed by atoms with Crippen LogP contribution in [0.4, 0.5) is 0 Å². The second-order valence-electron chi connectivity index (χ2n) is 8.02. The van der Waals surface area contributed by atoms with Gasteiger partial charge in [-0.3, -0.25) is 14.6 Å². The van der Waals surface area contributed by atoms with Gasteiger partial charge < -0.3 is 14.7 Å². The maximum Gasteiger partial charge on any atom is 0.168 e. The van der Waals surface area contributed by atoms with E-state index in [9.17, 15) is 19.8 Å². The van der Waals surface area contributed by atoms with E-state index in [0.717, 1.165) is 12.0 Å². The smallest absolute Gasteiger partial charge is 0.168 e. The molecule has 1 heterocycles.